The summed E-state index contributed by atoms with van der Waals surface area (Å²) in [4.78, 5) is 24.9. The Morgan fingerprint density at radius 2 is 2.00 bits per heavy atom. The molecule has 38 heavy (non-hydrogen) atoms. The molecule has 2 saturated heterocycles. The van der Waals surface area contributed by atoms with Gasteiger partial charge in [-0.3, -0.25) is 9.78 Å². The van der Waals surface area contributed by atoms with Crippen LogP contribution >= 0.6 is 12.4 Å². The lowest BCUT2D eigenvalue weighted by Gasteiger charge is -2.53. The lowest BCUT2D eigenvalue weighted by Crippen LogP contribution is -2.61. The number of aryl methyl sites for hydroxylation is 2. The fourth-order valence-corrected chi connectivity index (χ4v) is 5.71. The van der Waals surface area contributed by atoms with Gasteiger partial charge in [-0.15, -0.1) is 12.4 Å². The van der Waals surface area contributed by atoms with Crippen molar-refractivity contribution in [1.82, 2.24) is 20.3 Å². The number of carbonyl (C=O) groups excluding carboxylic acids is 1. The number of ether oxygens (including phenoxy) is 3. The lowest BCUT2D eigenvalue weighted by atomic mass is 9.69. The average molecular weight is 544 g/mol. The first-order valence-corrected chi connectivity index (χ1v) is 12.7. The van der Waals surface area contributed by atoms with Crippen molar-refractivity contribution in [2.75, 3.05) is 25.6 Å². The Morgan fingerprint density at radius 1 is 1.18 bits per heavy atom. The van der Waals surface area contributed by atoms with Crippen molar-refractivity contribution in [3.8, 4) is 11.6 Å². The van der Waals surface area contributed by atoms with Crippen LogP contribution in [0, 0.1) is 12.7 Å². The number of amides is 1. The van der Waals surface area contributed by atoms with E-state index in [4.69, 9.17) is 14.2 Å². The van der Waals surface area contributed by atoms with Crippen LogP contribution in [0.5, 0.6) is 11.6 Å². The molecule has 0 aromatic carbocycles. The Kier molecular flexibility index (Phi) is 7.15. The van der Waals surface area contributed by atoms with Crippen molar-refractivity contribution in [2.24, 2.45) is 0 Å². The molecule has 3 aromatic heterocycles. The molecule has 2 bridgehead atoms. The number of carbonyl (C=O) groups is 1. The second kappa shape index (κ2) is 10.2. The number of rotatable bonds is 7. The monoisotopic (exact) mass is 543 g/mol. The number of pyridine rings is 3. The molecule has 6 heterocycles. The smallest absolute Gasteiger partial charge is 0.263 e. The highest BCUT2D eigenvalue weighted by atomic mass is 35.5. The summed E-state index contributed by atoms with van der Waals surface area (Å²) in [6.45, 7) is 3.12. The Balaban J connectivity index is 0.00000294. The van der Waals surface area contributed by atoms with Crippen LogP contribution in [0.3, 0.4) is 0 Å². The lowest BCUT2D eigenvalue weighted by molar-refractivity contribution is -0.165. The summed E-state index contributed by atoms with van der Waals surface area (Å²) >= 11 is 0. The minimum absolute atomic E-state index is 0. The minimum Gasteiger partial charge on any atom is -0.481 e. The molecule has 1 amide bonds. The number of aromatic nitrogens is 3. The molecule has 3 fully saturated rings. The first-order chi connectivity index (χ1) is 17.9. The highest BCUT2D eigenvalue weighted by Gasteiger charge is 2.49. The Hall–Kier alpha value is -3.08. The number of nitrogens with zero attached hydrogens (tertiary/aromatic N) is 3. The van der Waals surface area contributed by atoms with Gasteiger partial charge in [-0.2, -0.15) is 0 Å². The summed E-state index contributed by atoms with van der Waals surface area (Å²) in [7, 11) is 1.56. The molecule has 1 saturated carbocycles. The second-order valence-electron chi connectivity index (χ2n) is 10.4. The summed E-state index contributed by atoms with van der Waals surface area (Å²) in [5, 5.41) is 6.42. The van der Waals surface area contributed by atoms with Gasteiger partial charge < -0.3 is 24.8 Å². The number of halogens is 2. The predicted octanol–water partition coefficient (Wildman–Crippen LogP) is 4.04. The molecule has 11 heteroatoms. The summed E-state index contributed by atoms with van der Waals surface area (Å²) in [5.41, 5.74) is 3.21. The van der Waals surface area contributed by atoms with Crippen LogP contribution in [0.2, 0.25) is 0 Å². The van der Waals surface area contributed by atoms with E-state index in [1.165, 1.54) is 6.20 Å². The fourth-order valence-electron chi connectivity index (χ4n) is 5.71. The van der Waals surface area contributed by atoms with E-state index in [1.54, 1.807) is 7.11 Å². The van der Waals surface area contributed by atoms with Crippen molar-refractivity contribution in [3.05, 3.63) is 47.0 Å². The van der Waals surface area contributed by atoms with Gasteiger partial charge in [-0.05, 0) is 63.1 Å². The molecule has 4 aliphatic rings. The second-order valence-corrected chi connectivity index (χ2v) is 10.4. The number of fused-ring (bicyclic) bond motifs is 5. The molecule has 1 aliphatic carbocycles. The fraction of sp³-hybridized carbons (Fsp3) is 0.481. The van der Waals surface area contributed by atoms with Gasteiger partial charge in [-0.1, -0.05) is 0 Å². The topological polar surface area (TPSA) is 107 Å². The summed E-state index contributed by atoms with van der Waals surface area (Å²) in [6.07, 6.45) is 6.30. The van der Waals surface area contributed by atoms with Gasteiger partial charge in [0, 0.05) is 23.7 Å². The molecular formula is C27H31ClFN5O4. The van der Waals surface area contributed by atoms with Crippen LogP contribution in [0.15, 0.2) is 24.4 Å². The van der Waals surface area contributed by atoms with Crippen molar-refractivity contribution in [1.29, 1.82) is 0 Å². The van der Waals surface area contributed by atoms with Gasteiger partial charge in [0.25, 0.3) is 5.91 Å². The maximum absolute atomic E-state index is 14.9. The average Bonchev–Trinajstić information content (AvgIpc) is 2.92. The molecule has 0 radical (unpaired) electrons. The maximum Gasteiger partial charge on any atom is 0.263 e. The zero-order valence-electron chi connectivity index (χ0n) is 21.4. The third-order valence-corrected chi connectivity index (χ3v) is 8.03. The molecular weight excluding hydrogens is 513 g/mol. The standard InChI is InChI=1S/C27H30FN5O4.ClH/c1-16-11-22(35-2)33-24-18(19(28)13-29-23(16)24)5-6-27-9-7-26(8-10-27,15-37-27)30-12-17-3-4-20-25(31-17)32-21(34)14-36-20;/h3-4,11,13,30H,5-10,12,14-15H2,1-2H3,(H,31,32,34);1H. The van der Waals surface area contributed by atoms with Crippen molar-refractivity contribution >= 4 is 35.2 Å². The van der Waals surface area contributed by atoms with Crippen LogP contribution in [-0.2, 0) is 22.5 Å². The largest absolute Gasteiger partial charge is 0.481 e. The number of anilines is 1. The highest BCUT2D eigenvalue weighted by molar-refractivity contribution is 5.94. The third kappa shape index (κ3) is 4.88. The van der Waals surface area contributed by atoms with Crippen LogP contribution in [0.25, 0.3) is 11.0 Å². The van der Waals surface area contributed by atoms with Crippen LogP contribution in [-0.4, -0.2) is 52.3 Å². The van der Waals surface area contributed by atoms with Crippen LogP contribution in [0.1, 0.15) is 48.9 Å². The summed E-state index contributed by atoms with van der Waals surface area (Å²) < 4.78 is 32.1. The summed E-state index contributed by atoms with van der Waals surface area (Å²) in [6, 6.07) is 5.57. The Labute approximate surface area is 226 Å². The molecule has 0 spiro atoms. The highest BCUT2D eigenvalue weighted by Crippen LogP contribution is 2.46. The molecule has 0 unspecified atom stereocenters. The van der Waals surface area contributed by atoms with E-state index < -0.39 is 0 Å². The molecule has 7 rings (SSSR count). The van der Waals surface area contributed by atoms with Crippen molar-refractivity contribution in [3.63, 3.8) is 0 Å². The van der Waals surface area contributed by atoms with Gasteiger partial charge in [0.2, 0.25) is 5.88 Å². The molecule has 9 nitrogen and oxygen atoms in total. The van der Waals surface area contributed by atoms with E-state index in [1.807, 2.05) is 25.1 Å². The van der Waals surface area contributed by atoms with E-state index in [0.717, 1.165) is 43.4 Å². The first kappa shape index (κ1) is 26.5. The molecule has 2 N–H and O–H groups in total. The third-order valence-electron chi connectivity index (χ3n) is 8.03. The van der Waals surface area contributed by atoms with E-state index in [0.29, 0.717) is 53.6 Å². The van der Waals surface area contributed by atoms with E-state index >= 15 is 0 Å². The molecule has 3 aromatic rings. The molecule has 202 valence electrons. The maximum atomic E-state index is 14.9. The quantitative estimate of drug-likeness (QED) is 0.460. The van der Waals surface area contributed by atoms with E-state index in [2.05, 4.69) is 25.6 Å². The van der Waals surface area contributed by atoms with Gasteiger partial charge >= 0.3 is 0 Å². The van der Waals surface area contributed by atoms with Crippen LogP contribution in [0.4, 0.5) is 10.2 Å². The Morgan fingerprint density at radius 3 is 2.74 bits per heavy atom. The van der Waals surface area contributed by atoms with E-state index in [-0.39, 0.29) is 41.9 Å². The SMILES string of the molecule is COc1cc(C)c2ncc(F)c(CCC34CCC(NCc5ccc6c(n5)NC(=O)CO6)(CC3)CO4)c2n1.Cl. The first-order valence-electron chi connectivity index (χ1n) is 12.7. The number of nitrogens with one attached hydrogen (secondary N) is 2. The molecule has 3 aliphatic heterocycles. The Bertz CT molecular complexity index is 1360. The van der Waals surface area contributed by atoms with Gasteiger partial charge in [0.1, 0.15) is 5.82 Å². The zero-order valence-corrected chi connectivity index (χ0v) is 22.3. The van der Waals surface area contributed by atoms with Crippen LogP contribution < -0.4 is 20.1 Å². The predicted molar refractivity (Wildman–Crippen MR) is 141 cm³/mol. The number of hydrogen-bond acceptors (Lipinski definition) is 8. The summed E-state index contributed by atoms with van der Waals surface area (Å²) in [5.74, 6) is 0.979. The van der Waals surface area contributed by atoms with Crippen molar-refractivity contribution in [2.45, 2.75) is 63.1 Å². The van der Waals surface area contributed by atoms with E-state index in [9.17, 15) is 9.18 Å². The zero-order chi connectivity index (χ0) is 25.6. The van der Waals surface area contributed by atoms with Gasteiger partial charge in [0.05, 0.1) is 42.2 Å². The molecule has 0 atom stereocenters. The normalized spacial score (nSPS) is 23.8. The minimum atomic E-state index is -0.342. The van der Waals surface area contributed by atoms with Crippen molar-refractivity contribution < 1.29 is 23.4 Å². The number of hydrogen-bond donors (Lipinski definition) is 2. The van der Waals surface area contributed by atoms with Gasteiger partial charge in [0.15, 0.2) is 18.2 Å². The number of methoxy groups -OCH3 is 1. The van der Waals surface area contributed by atoms with Gasteiger partial charge in [-0.25, -0.2) is 14.4 Å².